The first kappa shape index (κ1) is 13.2. The van der Waals surface area contributed by atoms with Crippen LogP contribution in [0.15, 0.2) is 29.3 Å². The van der Waals surface area contributed by atoms with E-state index in [0.29, 0.717) is 12.1 Å². The molecule has 1 heterocycles. The standard InChI is InChI=1S/C12H13N3O4/c1-8(6-16)5-14-7-13-11-3-2-9(15(18)19)4-10(11)12(14)17/h2-4,7-8,16H,5-6H2,1H3. The van der Waals surface area contributed by atoms with Gasteiger partial charge in [-0.3, -0.25) is 19.5 Å². The van der Waals surface area contributed by atoms with Crippen molar-refractivity contribution in [2.45, 2.75) is 13.5 Å². The smallest absolute Gasteiger partial charge is 0.270 e. The largest absolute Gasteiger partial charge is 0.396 e. The SMILES string of the molecule is CC(CO)Cn1cnc2ccc([N+](=O)[O-])cc2c1=O. The van der Waals surface area contributed by atoms with Gasteiger partial charge >= 0.3 is 0 Å². The molecule has 2 rings (SSSR count). The van der Waals surface area contributed by atoms with Gasteiger partial charge in [0.1, 0.15) is 0 Å². The number of rotatable bonds is 4. The Hall–Kier alpha value is -2.28. The van der Waals surface area contributed by atoms with E-state index in [4.69, 9.17) is 5.11 Å². The van der Waals surface area contributed by atoms with Crippen LogP contribution < -0.4 is 5.56 Å². The zero-order valence-corrected chi connectivity index (χ0v) is 10.3. The van der Waals surface area contributed by atoms with E-state index < -0.39 is 4.92 Å². The van der Waals surface area contributed by atoms with Gasteiger partial charge in [0.25, 0.3) is 11.2 Å². The summed E-state index contributed by atoms with van der Waals surface area (Å²) < 4.78 is 1.35. The molecule has 0 aliphatic rings. The summed E-state index contributed by atoms with van der Waals surface area (Å²) >= 11 is 0. The first-order valence-electron chi connectivity index (χ1n) is 5.77. The highest BCUT2D eigenvalue weighted by Crippen LogP contribution is 2.16. The van der Waals surface area contributed by atoms with Crippen molar-refractivity contribution in [3.05, 3.63) is 45.0 Å². The van der Waals surface area contributed by atoms with Crippen LogP contribution in [0.25, 0.3) is 10.9 Å². The Kier molecular flexibility index (Phi) is 3.57. The maximum Gasteiger partial charge on any atom is 0.270 e. The third-order valence-corrected chi connectivity index (χ3v) is 2.84. The van der Waals surface area contributed by atoms with Crippen molar-refractivity contribution in [3.63, 3.8) is 0 Å². The van der Waals surface area contributed by atoms with Crippen LogP contribution in [0.4, 0.5) is 5.69 Å². The molecule has 0 spiro atoms. The number of non-ortho nitro benzene ring substituents is 1. The third-order valence-electron chi connectivity index (χ3n) is 2.84. The summed E-state index contributed by atoms with van der Waals surface area (Å²) in [7, 11) is 0. The summed E-state index contributed by atoms with van der Waals surface area (Å²) in [6.45, 7) is 2.07. The summed E-state index contributed by atoms with van der Waals surface area (Å²) in [5, 5.41) is 19.9. The predicted octanol–water partition coefficient (Wildman–Crippen LogP) is 0.933. The molecule has 7 nitrogen and oxygen atoms in total. The zero-order chi connectivity index (χ0) is 14.0. The minimum atomic E-state index is -0.549. The lowest BCUT2D eigenvalue weighted by Gasteiger charge is -2.10. The molecule has 100 valence electrons. The number of aromatic nitrogens is 2. The van der Waals surface area contributed by atoms with Crippen LogP contribution in [-0.4, -0.2) is 26.2 Å². The summed E-state index contributed by atoms with van der Waals surface area (Å²) in [4.78, 5) is 26.4. The fourth-order valence-electron chi connectivity index (χ4n) is 1.78. The number of nitrogens with zero attached hydrogens (tertiary/aromatic N) is 3. The molecular weight excluding hydrogens is 250 g/mol. The number of aliphatic hydroxyl groups is 1. The van der Waals surface area contributed by atoms with Gasteiger partial charge in [0, 0.05) is 25.3 Å². The summed E-state index contributed by atoms with van der Waals surface area (Å²) in [6.07, 6.45) is 1.39. The summed E-state index contributed by atoms with van der Waals surface area (Å²) in [5.74, 6) is -0.0874. The molecule has 0 aliphatic carbocycles. The van der Waals surface area contributed by atoms with Gasteiger partial charge in [0.15, 0.2) is 0 Å². The van der Waals surface area contributed by atoms with Gasteiger partial charge in [-0.1, -0.05) is 6.92 Å². The first-order chi connectivity index (χ1) is 9.02. The van der Waals surface area contributed by atoms with Crippen LogP contribution in [-0.2, 0) is 6.54 Å². The number of benzene rings is 1. The minimum Gasteiger partial charge on any atom is -0.396 e. The lowest BCUT2D eigenvalue weighted by atomic mass is 10.2. The molecule has 1 aromatic carbocycles. The number of hydrogen-bond acceptors (Lipinski definition) is 5. The van der Waals surface area contributed by atoms with Crippen molar-refractivity contribution >= 4 is 16.6 Å². The Morgan fingerprint density at radius 2 is 2.26 bits per heavy atom. The molecule has 0 amide bonds. The molecule has 7 heteroatoms. The second-order valence-corrected chi connectivity index (χ2v) is 4.45. The predicted molar refractivity (Wildman–Crippen MR) is 68.9 cm³/mol. The highest BCUT2D eigenvalue weighted by Gasteiger charge is 2.11. The summed E-state index contributed by atoms with van der Waals surface area (Å²) in [5.41, 5.74) is -0.0585. The lowest BCUT2D eigenvalue weighted by molar-refractivity contribution is -0.384. The molecule has 0 fully saturated rings. The quantitative estimate of drug-likeness (QED) is 0.653. The third kappa shape index (κ3) is 2.60. The zero-order valence-electron chi connectivity index (χ0n) is 10.3. The van der Waals surface area contributed by atoms with E-state index in [1.807, 2.05) is 0 Å². The van der Waals surface area contributed by atoms with Crippen LogP contribution in [0, 0.1) is 16.0 Å². The Balaban J connectivity index is 2.56. The number of nitro groups is 1. The summed E-state index contributed by atoms with van der Waals surface area (Å²) in [6, 6.07) is 3.99. The van der Waals surface area contributed by atoms with E-state index in [1.54, 1.807) is 6.92 Å². The van der Waals surface area contributed by atoms with E-state index in [0.717, 1.165) is 0 Å². The second-order valence-electron chi connectivity index (χ2n) is 4.45. The maximum absolute atomic E-state index is 12.2. The van der Waals surface area contributed by atoms with Gasteiger partial charge in [0.2, 0.25) is 0 Å². The Morgan fingerprint density at radius 3 is 2.89 bits per heavy atom. The van der Waals surface area contributed by atoms with E-state index in [1.165, 1.54) is 29.1 Å². The van der Waals surface area contributed by atoms with Crippen LogP contribution in [0.2, 0.25) is 0 Å². The molecule has 2 aromatic rings. The number of fused-ring (bicyclic) bond motifs is 1. The number of hydrogen-bond donors (Lipinski definition) is 1. The van der Waals surface area contributed by atoms with Crippen LogP contribution in [0.5, 0.6) is 0 Å². The van der Waals surface area contributed by atoms with Crippen LogP contribution in [0.3, 0.4) is 0 Å². The van der Waals surface area contributed by atoms with Crippen molar-refractivity contribution in [1.29, 1.82) is 0 Å². The Labute approximate surface area is 108 Å². The normalized spacial score (nSPS) is 12.5. The van der Waals surface area contributed by atoms with Gasteiger partial charge in [-0.2, -0.15) is 0 Å². The lowest BCUT2D eigenvalue weighted by Crippen LogP contribution is -2.24. The van der Waals surface area contributed by atoms with E-state index in [2.05, 4.69) is 4.98 Å². The molecule has 1 aromatic heterocycles. The van der Waals surface area contributed by atoms with E-state index in [9.17, 15) is 14.9 Å². The fourth-order valence-corrected chi connectivity index (χ4v) is 1.78. The maximum atomic E-state index is 12.2. The second kappa shape index (κ2) is 5.15. The Bertz CT molecular complexity index is 680. The molecule has 1 N–H and O–H groups in total. The van der Waals surface area contributed by atoms with Gasteiger partial charge in [-0.15, -0.1) is 0 Å². The van der Waals surface area contributed by atoms with Crippen LogP contribution in [0.1, 0.15) is 6.92 Å². The minimum absolute atomic E-state index is 0.0422. The molecule has 0 aliphatic heterocycles. The number of nitro benzene ring substituents is 1. The molecule has 0 saturated heterocycles. The van der Waals surface area contributed by atoms with Gasteiger partial charge in [-0.05, 0) is 12.0 Å². The van der Waals surface area contributed by atoms with Gasteiger partial charge < -0.3 is 5.11 Å². The molecular formula is C12H13N3O4. The first-order valence-corrected chi connectivity index (χ1v) is 5.77. The molecule has 0 bridgehead atoms. The van der Waals surface area contributed by atoms with Crippen molar-refractivity contribution in [3.8, 4) is 0 Å². The number of aliphatic hydroxyl groups excluding tert-OH is 1. The fraction of sp³-hybridized carbons (Fsp3) is 0.333. The molecule has 0 saturated carbocycles. The average Bonchev–Trinajstić information content (AvgIpc) is 2.41. The molecule has 0 radical (unpaired) electrons. The van der Waals surface area contributed by atoms with Gasteiger partial charge in [0.05, 0.1) is 22.2 Å². The van der Waals surface area contributed by atoms with Crippen molar-refractivity contribution in [1.82, 2.24) is 9.55 Å². The van der Waals surface area contributed by atoms with Gasteiger partial charge in [-0.25, -0.2) is 4.98 Å². The van der Waals surface area contributed by atoms with Crippen molar-refractivity contribution in [2.75, 3.05) is 6.61 Å². The Morgan fingerprint density at radius 1 is 1.53 bits per heavy atom. The van der Waals surface area contributed by atoms with E-state index >= 15 is 0 Å². The van der Waals surface area contributed by atoms with Crippen LogP contribution >= 0.6 is 0 Å². The molecule has 1 unspecified atom stereocenters. The monoisotopic (exact) mass is 263 g/mol. The van der Waals surface area contributed by atoms with Crippen molar-refractivity contribution in [2.24, 2.45) is 5.92 Å². The molecule has 19 heavy (non-hydrogen) atoms. The highest BCUT2D eigenvalue weighted by molar-refractivity contribution is 5.79. The molecule has 1 atom stereocenters. The van der Waals surface area contributed by atoms with Crippen molar-refractivity contribution < 1.29 is 10.0 Å². The topological polar surface area (TPSA) is 98.3 Å². The van der Waals surface area contributed by atoms with E-state index in [-0.39, 0.29) is 29.2 Å². The average molecular weight is 263 g/mol. The highest BCUT2D eigenvalue weighted by atomic mass is 16.6.